The summed E-state index contributed by atoms with van der Waals surface area (Å²) in [5, 5.41) is 2.78. The Morgan fingerprint density at radius 2 is 1.78 bits per heavy atom. The number of nitrogens with one attached hydrogen (secondary N) is 1. The maximum atomic E-state index is 13.3. The molecule has 0 saturated carbocycles. The number of amides is 1. The highest BCUT2D eigenvalue weighted by atomic mass is 32.2. The third kappa shape index (κ3) is 6.21. The highest BCUT2D eigenvalue weighted by Gasteiger charge is 2.28. The minimum Gasteiger partial charge on any atom is -0.497 e. The van der Waals surface area contributed by atoms with E-state index in [1.807, 2.05) is 24.3 Å². The van der Waals surface area contributed by atoms with Crippen LogP contribution < -0.4 is 10.1 Å². The zero-order valence-corrected chi connectivity index (χ0v) is 19.1. The maximum absolute atomic E-state index is 13.3. The van der Waals surface area contributed by atoms with Crippen LogP contribution in [-0.4, -0.2) is 32.3 Å². The molecular weight excluding hydrogens is 428 g/mol. The normalized spacial score (nSPS) is 11.5. The lowest BCUT2D eigenvalue weighted by Gasteiger charge is -2.21. The number of carbonyl (C=O) groups is 1. The number of unbranched alkanes of at least 4 members (excludes halogenated alkanes) is 1. The molecule has 0 radical (unpaired) electrons. The molecule has 0 unspecified atom stereocenters. The minimum atomic E-state index is -3.95. The van der Waals surface area contributed by atoms with Crippen LogP contribution in [0.2, 0.25) is 0 Å². The summed E-state index contributed by atoms with van der Waals surface area (Å²) < 4.78 is 38.0. The van der Waals surface area contributed by atoms with Crippen molar-refractivity contribution in [2.45, 2.75) is 37.6 Å². The lowest BCUT2D eigenvalue weighted by Crippen LogP contribution is -2.37. The van der Waals surface area contributed by atoms with E-state index >= 15 is 0 Å². The van der Waals surface area contributed by atoms with E-state index in [4.69, 9.17) is 9.15 Å². The first-order chi connectivity index (χ1) is 15.4. The molecular formula is C24H28N2O5S. The summed E-state index contributed by atoms with van der Waals surface area (Å²) in [4.78, 5) is 12.8. The minimum absolute atomic E-state index is 0.0647. The summed E-state index contributed by atoms with van der Waals surface area (Å²) in [5.41, 5.74) is 1.82. The Labute approximate surface area is 189 Å². The standard InChI is InChI=1S/C24H28N2O5S/c1-3-4-6-19-8-10-20(11-9-19)25-24(27)18-26(17-22-7-5-16-31-22)32(28,29)23-14-12-21(30-2)13-15-23/h5,7-16H,3-4,6,17-18H2,1-2H3,(H,25,27). The zero-order chi connectivity index (χ0) is 23.0. The third-order valence-corrected chi connectivity index (χ3v) is 6.79. The van der Waals surface area contributed by atoms with Gasteiger partial charge in [0.15, 0.2) is 0 Å². The number of carbonyl (C=O) groups excluding carboxylic acids is 1. The van der Waals surface area contributed by atoms with Crippen molar-refractivity contribution in [3.05, 3.63) is 78.3 Å². The smallest absolute Gasteiger partial charge is 0.243 e. The van der Waals surface area contributed by atoms with Crippen LogP contribution in [0.3, 0.4) is 0 Å². The van der Waals surface area contributed by atoms with E-state index in [1.54, 1.807) is 24.3 Å². The molecule has 8 heteroatoms. The van der Waals surface area contributed by atoms with Gasteiger partial charge in [-0.2, -0.15) is 4.31 Å². The Bertz CT molecular complexity index is 1090. The second-order valence-electron chi connectivity index (χ2n) is 7.38. The predicted molar refractivity (Wildman–Crippen MR) is 123 cm³/mol. The number of hydrogen-bond donors (Lipinski definition) is 1. The molecule has 32 heavy (non-hydrogen) atoms. The van der Waals surface area contributed by atoms with Crippen molar-refractivity contribution in [1.29, 1.82) is 0 Å². The highest BCUT2D eigenvalue weighted by molar-refractivity contribution is 7.89. The lowest BCUT2D eigenvalue weighted by atomic mass is 10.1. The second-order valence-corrected chi connectivity index (χ2v) is 9.31. The molecule has 0 fully saturated rings. The van der Waals surface area contributed by atoms with Gasteiger partial charge in [-0.25, -0.2) is 8.42 Å². The predicted octanol–water partition coefficient (Wildman–Crippen LogP) is 4.46. The average molecular weight is 457 g/mol. The monoisotopic (exact) mass is 456 g/mol. The van der Waals surface area contributed by atoms with Gasteiger partial charge in [-0.15, -0.1) is 0 Å². The van der Waals surface area contributed by atoms with Gasteiger partial charge >= 0.3 is 0 Å². The van der Waals surface area contributed by atoms with Crippen LogP contribution in [0, 0.1) is 0 Å². The molecule has 3 rings (SSSR count). The van der Waals surface area contributed by atoms with Crippen LogP contribution in [0.5, 0.6) is 5.75 Å². The molecule has 0 aliphatic carbocycles. The quantitative estimate of drug-likeness (QED) is 0.460. The average Bonchev–Trinajstić information content (AvgIpc) is 3.31. The summed E-state index contributed by atoms with van der Waals surface area (Å²) in [5.74, 6) is 0.548. The molecule has 0 spiro atoms. The first-order valence-electron chi connectivity index (χ1n) is 10.5. The third-order valence-electron chi connectivity index (χ3n) is 4.99. The zero-order valence-electron chi connectivity index (χ0n) is 18.3. The van der Waals surface area contributed by atoms with Crippen LogP contribution in [-0.2, 0) is 27.8 Å². The molecule has 1 N–H and O–H groups in total. The molecule has 0 atom stereocenters. The summed E-state index contributed by atoms with van der Waals surface area (Å²) in [6.07, 6.45) is 4.68. The number of ether oxygens (including phenoxy) is 1. The topological polar surface area (TPSA) is 88.9 Å². The Kier molecular flexibility index (Phi) is 8.08. The Hall–Kier alpha value is -3.10. The van der Waals surface area contributed by atoms with E-state index in [9.17, 15) is 13.2 Å². The van der Waals surface area contributed by atoms with E-state index in [2.05, 4.69) is 12.2 Å². The molecule has 1 amide bonds. The van der Waals surface area contributed by atoms with E-state index in [0.29, 0.717) is 17.2 Å². The largest absolute Gasteiger partial charge is 0.497 e. The number of nitrogens with zero attached hydrogens (tertiary/aromatic N) is 1. The number of anilines is 1. The second kappa shape index (κ2) is 11.0. The van der Waals surface area contributed by atoms with Gasteiger partial charge in [0.05, 0.1) is 31.4 Å². The molecule has 1 aromatic heterocycles. The van der Waals surface area contributed by atoms with Crippen molar-refractivity contribution in [3.63, 3.8) is 0 Å². The molecule has 0 aliphatic rings. The molecule has 2 aromatic carbocycles. The fourth-order valence-electron chi connectivity index (χ4n) is 3.20. The van der Waals surface area contributed by atoms with Gasteiger partial charge in [0.1, 0.15) is 11.5 Å². The number of furan rings is 1. The van der Waals surface area contributed by atoms with Crippen LogP contribution in [0.4, 0.5) is 5.69 Å². The van der Waals surface area contributed by atoms with Crippen molar-refractivity contribution in [3.8, 4) is 5.75 Å². The summed E-state index contributed by atoms with van der Waals surface area (Å²) in [7, 11) is -2.44. The number of benzene rings is 2. The van der Waals surface area contributed by atoms with E-state index in [1.165, 1.54) is 31.1 Å². The van der Waals surface area contributed by atoms with E-state index in [0.717, 1.165) is 23.6 Å². The lowest BCUT2D eigenvalue weighted by molar-refractivity contribution is -0.116. The van der Waals surface area contributed by atoms with Gasteiger partial charge in [0.2, 0.25) is 15.9 Å². The van der Waals surface area contributed by atoms with Crippen molar-refractivity contribution in [1.82, 2.24) is 4.31 Å². The van der Waals surface area contributed by atoms with Crippen molar-refractivity contribution >= 4 is 21.6 Å². The molecule has 0 aliphatic heterocycles. The number of aryl methyl sites for hydroxylation is 1. The number of methoxy groups -OCH3 is 1. The van der Waals surface area contributed by atoms with Crippen molar-refractivity contribution < 1.29 is 22.4 Å². The van der Waals surface area contributed by atoms with Gasteiger partial charge < -0.3 is 14.5 Å². The molecule has 0 saturated heterocycles. The SMILES string of the molecule is CCCCc1ccc(NC(=O)CN(Cc2ccco2)S(=O)(=O)c2ccc(OC)cc2)cc1. The first-order valence-corrected chi connectivity index (χ1v) is 11.9. The molecule has 3 aromatic rings. The molecule has 1 heterocycles. The molecule has 7 nitrogen and oxygen atoms in total. The number of sulfonamides is 1. The number of rotatable bonds is 11. The van der Waals surface area contributed by atoms with Crippen molar-refractivity contribution in [2.75, 3.05) is 19.0 Å². The summed E-state index contributed by atoms with van der Waals surface area (Å²) >= 11 is 0. The summed E-state index contributed by atoms with van der Waals surface area (Å²) in [6, 6.07) is 17.0. The van der Waals surface area contributed by atoms with Crippen molar-refractivity contribution in [2.24, 2.45) is 0 Å². The van der Waals surface area contributed by atoms with Gasteiger partial charge in [-0.1, -0.05) is 25.5 Å². The molecule has 0 bridgehead atoms. The summed E-state index contributed by atoms with van der Waals surface area (Å²) in [6.45, 7) is 1.72. The Balaban J connectivity index is 1.75. The Morgan fingerprint density at radius 3 is 2.38 bits per heavy atom. The van der Waals surface area contributed by atoms with E-state index < -0.39 is 15.9 Å². The van der Waals surface area contributed by atoms with Gasteiger partial charge in [-0.3, -0.25) is 4.79 Å². The fraction of sp³-hybridized carbons (Fsp3) is 0.292. The fourth-order valence-corrected chi connectivity index (χ4v) is 4.56. The molecule has 170 valence electrons. The Morgan fingerprint density at radius 1 is 1.06 bits per heavy atom. The van der Waals surface area contributed by atoms with Gasteiger partial charge in [0, 0.05) is 5.69 Å². The van der Waals surface area contributed by atoms with E-state index in [-0.39, 0.29) is 18.0 Å². The first kappa shape index (κ1) is 23.6. The van der Waals surface area contributed by atoms with Crippen LogP contribution in [0.1, 0.15) is 31.1 Å². The van der Waals surface area contributed by atoms with Gasteiger partial charge in [-0.05, 0) is 66.9 Å². The van der Waals surface area contributed by atoms with Crippen LogP contribution in [0.15, 0.2) is 76.2 Å². The van der Waals surface area contributed by atoms with Crippen LogP contribution in [0.25, 0.3) is 0 Å². The van der Waals surface area contributed by atoms with Gasteiger partial charge in [0.25, 0.3) is 0 Å². The van der Waals surface area contributed by atoms with Crippen LogP contribution >= 0.6 is 0 Å². The highest BCUT2D eigenvalue weighted by Crippen LogP contribution is 2.22. The maximum Gasteiger partial charge on any atom is 0.243 e. The number of hydrogen-bond acceptors (Lipinski definition) is 5.